The summed E-state index contributed by atoms with van der Waals surface area (Å²) in [5.41, 5.74) is 7.59. The van der Waals surface area contributed by atoms with E-state index in [0.29, 0.717) is 31.2 Å². The van der Waals surface area contributed by atoms with Crippen LogP contribution >= 0.6 is 0 Å². The molecule has 3 heterocycles. The van der Waals surface area contributed by atoms with Gasteiger partial charge in [0.2, 0.25) is 0 Å². The summed E-state index contributed by atoms with van der Waals surface area (Å²) in [4.78, 5) is 23.6. The minimum absolute atomic E-state index is 0.129. The number of anilines is 1. The fraction of sp³-hybridized carbons (Fsp3) is 0.318. The van der Waals surface area contributed by atoms with Gasteiger partial charge in [-0.05, 0) is 18.2 Å². The first kappa shape index (κ1) is 19.9. The topological polar surface area (TPSA) is 98.3 Å². The fourth-order valence-corrected chi connectivity index (χ4v) is 3.58. The summed E-state index contributed by atoms with van der Waals surface area (Å²) in [6.45, 7) is 3.96. The van der Waals surface area contributed by atoms with Crippen LogP contribution in [0.15, 0.2) is 54.9 Å². The van der Waals surface area contributed by atoms with Crippen LogP contribution in [0.3, 0.4) is 0 Å². The standard InChI is InChI=1S/C22H26N6O2/c23-21-17(5-4-9-24-21)16-27-11-8-20-26-15-19(28(20)13-12-27)22(29)25-10-14-30-18-6-2-1-3-7-18/h1-7,9,15H,8,10-14,16H2,(H2,23,24)(H,25,29). The Morgan fingerprint density at radius 2 is 1.97 bits per heavy atom. The zero-order valence-electron chi connectivity index (χ0n) is 16.8. The number of amides is 1. The highest BCUT2D eigenvalue weighted by molar-refractivity contribution is 5.92. The Morgan fingerprint density at radius 3 is 2.80 bits per heavy atom. The number of pyridine rings is 1. The van der Waals surface area contributed by atoms with Crippen molar-refractivity contribution >= 4 is 11.7 Å². The van der Waals surface area contributed by atoms with Crippen molar-refractivity contribution in [2.24, 2.45) is 0 Å². The van der Waals surface area contributed by atoms with Crippen molar-refractivity contribution in [3.63, 3.8) is 0 Å². The number of rotatable bonds is 7. The number of aromatic nitrogens is 3. The molecule has 0 bridgehead atoms. The number of ether oxygens (including phenoxy) is 1. The van der Waals surface area contributed by atoms with Crippen LogP contribution in [0.1, 0.15) is 21.9 Å². The Balaban J connectivity index is 1.31. The number of nitrogen functional groups attached to an aromatic ring is 1. The van der Waals surface area contributed by atoms with Gasteiger partial charge in [0, 0.05) is 44.4 Å². The molecule has 1 amide bonds. The van der Waals surface area contributed by atoms with Gasteiger partial charge in [-0.1, -0.05) is 24.3 Å². The van der Waals surface area contributed by atoms with Crippen molar-refractivity contribution < 1.29 is 9.53 Å². The van der Waals surface area contributed by atoms with E-state index in [1.807, 2.05) is 47.0 Å². The third-order valence-electron chi connectivity index (χ3n) is 5.18. The van der Waals surface area contributed by atoms with Gasteiger partial charge in [0.05, 0.1) is 12.7 Å². The number of nitrogens with one attached hydrogen (secondary N) is 1. The molecule has 3 aromatic rings. The van der Waals surface area contributed by atoms with Crippen LogP contribution in [0, 0.1) is 0 Å². The van der Waals surface area contributed by atoms with Crippen LogP contribution in [0.2, 0.25) is 0 Å². The molecule has 1 aliphatic heterocycles. The average molecular weight is 406 g/mol. The molecule has 156 valence electrons. The van der Waals surface area contributed by atoms with Crippen LogP contribution in [0.25, 0.3) is 0 Å². The number of imidazole rings is 1. The van der Waals surface area contributed by atoms with E-state index in [-0.39, 0.29) is 5.91 Å². The number of nitrogens with two attached hydrogens (primary N) is 1. The van der Waals surface area contributed by atoms with E-state index in [2.05, 4.69) is 20.2 Å². The Hall–Kier alpha value is -3.39. The third kappa shape index (κ3) is 4.77. The number of para-hydroxylation sites is 1. The number of fused-ring (bicyclic) bond motifs is 1. The van der Waals surface area contributed by atoms with E-state index in [9.17, 15) is 4.79 Å². The molecule has 4 rings (SSSR count). The summed E-state index contributed by atoms with van der Waals surface area (Å²) < 4.78 is 7.64. The van der Waals surface area contributed by atoms with Gasteiger partial charge in [0.15, 0.2) is 0 Å². The second-order valence-electron chi connectivity index (χ2n) is 7.20. The molecule has 3 N–H and O–H groups in total. The molecule has 8 heteroatoms. The second kappa shape index (κ2) is 9.41. The van der Waals surface area contributed by atoms with Crippen LogP contribution in [-0.2, 0) is 19.5 Å². The Labute approximate surface area is 175 Å². The zero-order chi connectivity index (χ0) is 20.8. The van der Waals surface area contributed by atoms with Gasteiger partial charge in [-0.15, -0.1) is 0 Å². The smallest absolute Gasteiger partial charge is 0.269 e. The van der Waals surface area contributed by atoms with E-state index in [4.69, 9.17) is 10.5 Å². The first-order valence-electron chi connectivity index (χ1n) is 10.1. The molecule has 0 saturated heterocycles. The molecule has 1 aliphatic rings. The molecule has 0 spiro atoms. The van der Waals surface area contributed by atoms with Crippen molar-refractivity contribution in [3.8, 4) is 5.75 Å². The summed E-state index contributed by atoms with van der Waals surface area (Å²) in [7, 11) is 0. The summed E-state index contributed by atoms with van der Waals surface area (Å²) in [6.07, 6.45) is 4.15. The number of carbonyl (C=O) groups is 1. The first-order valence-corrected chi connectivity index (χ1v) is 10.1. The average Bonchev–Trinajstić information content (AvgIpc) is 3.08. The molecule has 0 aliphatic carbocycles. The molecule has 0 saturated carbocycles. The maximum absolute atomic E-state index is 12.7. The van der Waals surface area contributed by atoms with E-state index >= 15 is 0 Å². The lowest BCUT2D eigenvalue weighted by molar-refractivity contribution is 0.0937. The second-order valence-corrected chi connectivity index (χ2v) is 7.20. The van der Waals surface area contributed by atoms with Crippen LogP contribution in [0.5, 0.6) is 5.75 Å². The minimum Gasteiger partial charge on any atom is -0.492 e. The Morgan fingerprint density at radius 1 is 1.10 bits per heavy atom. The van der Waals surface area contributed by atoms with Crippen molar-refractivity contribution in [1.29, 1.82) is 0 Å². The lowest BCUT2D eigenvalue weighted by atomic mass is 10.2. The van der Waals surface area contributed by atoms with Crippen LogP contribution in [0.4, 0.5) is 5.82 Å². The van der Waals surface area contributed by atoms with E-state index < -0.39 is 0 Å². The lowest BCUT2D eigenvalue weighted by Crippen LogP contribution is -2.31. The predicted octanol–water partition coefficient (Wildman–Crippen LogP) is 1.73. The maximum atomic E-state index is 12.7. The number of benzene rings is 1. The summed E-state index contributed by atoms with van der Waals surface area (Å²) in [6, 6.07) is 13.5. The number of hydrogen-bond donors (Lipinski definition) is 2. The number of nitrogens with zero attached hydrogens (tertiary/aromatic N) is 4. The normalized spacial score (nSPS) is 14.0. The van der Waals surface area contributed by atoms with Gasteiger partial charge in [-0.3, -0.25) is 9.69 Å². The molecule has 2 aromatic heterocycles. The number of hydrogen-bond acceptors (Lipinski definition) is 6. The maximum Gasteiger partial charge on any atom is 0.269 e. The van der Waals surface area contributed by atoms with Gasteiger partial charge >= 0.3 is 0 Å². The molecule has 0 unspecified atom stereocenters. The summed E-state index contributed by atoms with van der Waals surface area (Å²) >= 11 is 0. The molecule has 0 atom stereocenters. The highest BCUT2D eigenvalue weighted by Crippen LogP contribution is 2.16. The van der Waals surface area contributed by atoms with Gasteiger partial charge in [-0.2, -0.15) is 0 Å². The van der Waals surface area contributed by atoms with Crippen LogP contribution < -0.4 is 15.8 Å². The predicted molar refractivity (Wildman–Crippen MR) is 114 cm³/mol. The quantitative estimate of drug-likeness (QED) is 0.580. The van der Waals surface area contributed by atoms with Crippen molar-refractivity contribution in [3.05, 3.63) is 71.9 Å². The highest BCUT2D eigenvalue weighted by Gasteiger charge is 2.21. The van der Waals surface area contributed by atoms with Gasteiger partial charge in [0.25, 0.3) is 5.91 Å². The van der Waals surface area contributed by atoms with Gasteiger partial charge in [-0.25, -0.2) is 9.97 Å². The lowest BCUT2D eigenvalue weighted by Gasteiger charge is -2.20. The molecule has 1 aromatic carbocycles. The van der Waals surface area contributed by atoms with E-state index in [0.717, 1.165) is 43.2 Å². The third-order valence-corrected chi connectivity index (χ3v) is 5.18. The molecular weight excluding hydrogens is 380 g/mol. The van der Waals surface area contributed by atoms with Gasteiger partial charge in [0.1, 0.15) is 29.7 Å². The van der Waals surface area contributed by atoms with Crippen LogP contribution in [-0.4, -0.2) is 51.6 Å². The van der Waals surface area contributed by atoms with Crippen molar-refractivity contribution in [2.45, 2.75) is 19.5 Å². The molecular formula is C22H26N6O2. The summed E-state index contributed by atoms with van der Waals surface area (Å²) in [5.74, 6) is 2.16. The minimum atomic E-state index is -0.129. The molecule has 0 radical (unpaired) electrons. The zero-order valence-corrected chi connectivity index (χ0v) is 16.8. The van der Waals surface area contributed by atoms with Crippen molar-refractivity contribution in [1.82, 2.24) is 24.8 Å². The monoisotopic (exact) mass is 406 g/mol. The first-order chi connectivity index (χ1) is 14.7. The molecule has 8 nitrogen and oxygen atoms in total. The Kier molecular flexibility index (Phi) is 6.24. The summed E-state index contributed by atoms with van der Waals surface area (Å²) in [5, 5.41) is 2.92. The fourth-order valence-electron chi connectivity index (χ4n) is 3.58. The Bertz CT molecular complexity index is 988. The van der Waals surface area contributed by atoms with E-state index in [1.54, 1.807) is 12.4 Å². The molecule has 30 heavy (non-hydrogen) atoms. The van der Waals surface area contributed by atoms with Crippen molar-refractivity contribution in [2.75, 3.05) is 32.0 Å². The highest BCUT2D eigenvalue weighted by atomic mass is 16.5. The SMILES string of the molecule is Nc1ncccc1CN1CCc2ncc(C(=O)NCCOc3ccccc3)n2CC1. The molecule has 0 fully saturated rings. The van der Waals surface area contributed by atoms with Gasteiger partial charge < -0.3 is 20.4 Å². The number of carbonyl (C=O) groups excluding carboxylic acids is 1. The largest absolute Gasteiger partial charge is 0.492 e. The van der Waals surface area contributed by atoms with E-state index in [1.165, 1.54) is 0 Å².